The van der Waals surface area contributed by atoms with Crippen LogP contribution in [-0.4, -0.2) is 39.7 Å². The summed E-state index contributed by atoms with van der Waals surface area (Å²) >= 11 is 1.54. The second-order valence-corrected chi connectivity index (χ2v) is 7.50. The van der Waals surface area contributed by atoms with E-state index in [1.54, 1.807) is 24.9 Å². The van der Waals surface area contributed by atoms with Crippen molar-refractivity contribution in [3.05, 3.63) is 47.3 Å². The van der Waals surface area contributed by atoms with E-state index in [9.17, 15) is 9.59 Å². The van der Waals surface area contributed by atoms with Crippen LogP contribution in [0.15, 0.2) is 35.3 Å². The van der Waals surface area contributed by atoms with Crippen molar-refractivity contribution in [2.24, 2.45) is 17.8 Å². The number of ether oxygens (including phenoxy) is 1. The van der Waals surface area contributed by atoms with E-state index in [-0.39, 0.29) is 11.4 Å². The molecule has 1 unspecified atom stereocenters. The van der Waals surface area contributed by atoms with Gasteiger partial charge in [-0.25, -0.2) is 4.79 Å². The van der Waals surface area contributed by atoms with Crippen molar-refractivity contribution in [2.75, 3.05) is 18.2 Å². The molecule has 3 rings (SSSR count). The molecule has 0 aliphatic carbocycles. The van der Waals surface area contributed by atoms with Crippen molar-refractivity contribution < 1.29 is 14.3 Å². The van der Waals surface area contributed by atoms with Crippen molar-refractivity contribution in [2.45, 2.75) is 18.9 Å². The fourth-order valence-electron chi connectivity index (χ4n) is 2.90. The van der Waals surface area contributed by atoms with Gasteiger partial charge in [0.15, 0.2) is 10.9 Å². The van der Waals surface area contributed by atoms with Gasteiger partial charge in [-0.2, -0.15) is 5.10 Å². The Bertz CT molecular complexity index is 923. The molecule has 9 heteroatoms. The third kappa shape index (κ3) is 3.97. The number of rotatable bonds is 4. The highest BCUT2D eigenvalue weighted by Gasteiger charge is 2.29. The van der Waals surface area contributed by atoms with Gasteiger partial charge in [-0.15, -0.1) is 0 Å². The third-order valence-corrected chi connectivity index (χ3v) is 5.24. The summed E-state index contributed by atoms with van der Waals surface area (Å²) < 4.78 is 5.99. The van der Waals surface area contributed by atoms with E-state index in [1.165, 1.54) is 17.9 Å². The van der Waals surface area contributed by atoms with Gasteiger partial charge in [0, 0.05) is 24.6 Å². The van der Waals surface area contributed by atoms with E-state index >= 15 is 0 Å². The second kappa shape index (κ2) is 7.43. The number of benzene rings is 1. The topological polar surface area (TPSA) is 112 Å². The third-order valence-electron chi connectivity index (χ3n) is 4.45. The summed E-state index contributed by atoms with van der Waals surface area (Å²) in [6.45, 7) is 2.03. The zero-order valence-electron chi connectivity index (χ0n) is 15.4. The molecule has 142 valence electrons. The number of amidine groups is 1. The van der Waals surface area contributed by atoms with E-state index in [1.807, 2.05) is 25.1 Å². The number of carbonyl (C=O) groups excluding carboxylic acids is 2. The van der Waals surface area contributed by atoms with Gasteiger partial charge >= 0.3 is 5.97 Å². The van der Waals surface area contributed by atoms with Crippen LogP contribution in [0.1, 0.15) is 39.9 Å². The standard InChI is InChI=1S/C18H21N5O3S/c1-18(7-8-27-17(19)21-18)11-5-4-6-12(9-11)20-15(24)13-10-14(16(25)26-3)23(2)22-13/h4-6,9-10H,7-8H2,1-3H3,(H2,19,21)(H,20,24). The minimum atomic E-state index is -0.551. The number of thioether (sulfide) groups is 1. The normalized spacial score (nSPS) is 19.3. The number of aryl methyl sites for hydroxylation is 1. The van der Waals surface area contributed by atoms with Crippen LogP contribution in [0.3, 0.4) is 0 Å². The number of nitrogens with two attached hydrogens (primary N) is 1. The van der Waals surface area contributed by atoms with Crippen LogP contribution in [0, 0.1) is 0 Å². The maximum atomic E-state index is 12.5. The highest BCUT2D eigenvalue weighted by Crippen LogP contribution is 2.35. The average Bonchev–Trinajstić information content (AvgIpc) is 3.03. The van der Waals surface area contributed by atoms with E-state index in [0.29, 0.717) is 10.9 Å². The summed E-state index contributed by atoms with van der Waals surface area (Å²) in [4.78, 5) is 28.8. The number of amides is 1. The predicted molar refractivity (Wildman–Crippen MR) is 105 cm³/mol. The lowest BCUT2D eigenvalue weighted by Gasteiger charge is -2.30. The molecule has 0 saturated heterocycles. The molecular weight excluding hydrogens is 366 g/mol. The Morgan fingerprint density at radius 3 is 2.85 bits per heavy atom. The van der Waals surface area contributed by atoms with Gasteiger partial charge in [0.25, 0.3) is 5.91 Å². The zero-order chi connectivity index (χ0) is 19.6. The van der Waals surface area contributed by atoms with Crippen LogP contribution in [0.4, 0.5) is 5.69 Å². The lowest BCUT2D eigenvalue weighted by Crippen LogP contribution is -2.28. The summed E-state index contributed by atoms with van der Waals surface area (Å²) in [6.07, 6.45) is 0.860. The lowest BCUT2D eigenvalue weighted by molar-refractivity contribution is 0.0588. The Kier molecular flexibility index (Phi) is 5.22. The monoisotopic (exact) mass is 387 g/mol. The number of aliphatic imine (C=N–C) groups is 1. The summed E-state index contributed by atoms with van der Waals surface area (Å²) in [5.41, 5.74) is 7.40. The molecule has 1 aliphatic rings. The smallest absolute Gasteiger partial charge is 0.356 e. The fourth-order valence-corrected chi connectivity index (χ4v) is 3.87. The number of nitrogens with one attached hydrogen (secondary N) is 1. The molecule has 0 saturated carbocycles. The minimum absolute atomic E-state index is 0.130. The summed E-state index contributed by atoms with van der Waals surface area (Å²) in [6, 6.07) is 8.91. The predicted octanol–water partition coefficient (Wildman–Crippen LogP) is 2.13. The molecule has 1 aromatic heterocycles. The number of carbonyl (C=O) groups is 2. The van der Waals surface area contributed by atoms with Crippen molar-refractivity contribution in [1.82, 2.24) is 9.78 Å². The lowest BCUT2D eigenvalue weighted by atomic mass is 9.89. The SMILES string of the molecule is COC(=O)c1cc(C(=O)Nc2cccc(C3(C)CCSC(N)=N3)c2)nn1C. The molecule has 0 spiro atoms. The molecular formula is C18H21N5O3S. The van der Waals surface area contributed by atoms with Crippen molar-refractivity contribution >= 4 is 34.5 Å². The van der Waals surface area contributed by atoms with Gasteiger partial charge in [-0.05, 0) is 31.0 Å². The second-order valence-electron chi connectivity index (χ2n) is 6.39. The molecule has 1 atom stereocenters. The molecule has 3 N–H and O–H groups in total. The summed E-state index contributed by atoms with van der Waals surface area (Å²) in [7, 11) is 2.86. The first kappa shape index (κ1) is 19.0. The summed E-state index contributed by atoms with van der Waals surface area (Å²) in [5, 5.41) is 7.46. The fraction of sp³-hybridized carbons (Fsp3) is 0.333. The van der Waals surface area contributed by atoms with Gasteiger partial charge < -0.3 is 15.8 Å². The molecule has 0 radical (unpaired) electrons. The number of hydrogen-bond acceptors (Lipinski definition) is 7. The van der Waals surface area contributed by atoms with Crippen molar-refractivity contribution in [3.8, 4) is 0 Å². The molecule has 2 heterocycles. The van der Waals surface area contributed by atoms with E-state index < -0.39 is 17.4 Å². The Morgan fingerprint density at radius 1 is 1.37 bits per heavy atom. The van der Waals surface area contributed by atoms with Gasteiger partial charge in [0.05, 0.1) is 12.6 Å². The molecule has 8 nitrogen and oxygen atoms in total. The number of aromatic nitrogens is 2. The highest BCUT2D eigenvalue weighted by molar-refractivity contribution is 8.13. The van der Waals surface area contributed by atoms with Gasteiger partial charge in [-0.1, -0.05) is 23.9 Å². The first-order valence-electron chi connectivity index (χ1n) is 8.35. The van der Waals surface area contributed by atoms with E-state index in [2.05, 4.69) is 20.1 Å². The zero-order valence-corrected chi connectivity index (χ0v) is 16.2. The number of anilines is 1. The molecule has 1 aromatic carbocycles. The van der Waals surface area contributed by atoms with Crippen LogP contribution in [-0.2, 0) is 17.3 Å². The van der Waals surface area contributed by atoms with E-state index in [4.69, 9.17) is 5.73 Å². The van der Waals surface area contributed by atoms with Gasteiger partial charge in [0.2, 0.25) is 0 Å². The van der Waals surface area contributed by atoms with Crippen molar-refractivity contribution in [1.29, 1.82) is 0 Å². The number of nitrogens with zero attached hydrogens (tertiary/aromatic N) is 3. The average molecular weight is 387 g/mol. The minimum Gasteiger partial charge on any atom is -0.464 e. The molecule has 0 bridgehead atoms. The molecule has 2 aromatic rings. The molecule has 27 heavy (non-hydrogen) atoms. The van der Waals surface area contributed by atoms with Crippen LogP contribution in [0.25, 0.3) is 0 Å². The van der Waals surface area contributed by atoms with Gasteiger partial charge in [0.1, 0.15) is 5.69 Å². The Labute approximate surface area is 161 Å². The number of esters is 1. The van der Waals surface area contributed by atoms with Crippen LogP contribution in [0.5, 0.6) is 0 Å². The Morgan fingerprint density at radius 2 is 2.15 bits per heavy atom. The maximum Gasteiger partial charge on any atom is 0.356 e. The summed E-state index contributed by atoms with van der Waals surface area (Å²) in [5.74, 6) is -0.0676. The molecule has 1 aliphatic heterocycles. The number of hydrogen-bond donors (Lipinski definition) is 2. The first-order valence-corrected chi connectivity index (χ1v) is 9.33. The first-order chi connectivity index (χ1) is 12.8. The van der Waals surface area contributed by atoms with Gasteiger partial charge in [-0.3, -0.25) is 14.5 Å². The molecule has 1 amide bonds. The van der Waals surface area contributed by atoms with Crippen LogP contribution < -0.4 is 11.1 Å². The van der Waals surface area contributed by atoms with Crippen LogP contribution >= 0.6 is 11.8 Å². The van der Waals surface area contributed by atoms with Crippen molar-refractivity contribution in [3.63, 3.8) is 0 Å². The molecule has 0 fully saturated rings. The number of methoxy groups -OCH3 is 1. The maximum absolute atomic E-state index is 12.5. The van der Waals surface area contributed by atoms with E-state index in [0.717, 1.165) is 17.7 Å². The Hall–Kier alpha value is -2.81. The quantitative estimate of drug-likeness (QED) is 0.778. The highest BCUT2D eigenvalue weighted by atomic mass is 32.2. The van der Waals surface area contributed by atoms with Crippen LogP contribution in [0.2, 0.25) is 0 Å². The largest absolute Gasteiger partial charge is 0.464 e. The Balaban J connectivity index is 1.82.